The normalized spacial score (nSPS) is 12.3. The fraction of sp³-hybridized carbons (Fsp3) is 0.333. The quantitative estimate of drug-likeness (QED) is 0.775. The van der Waals surface area contributed by atoms with Crippen LogP contribution in [0.2, 0.25) is 0 Å². The first-order valence-corrected chi connectivity index (χ1v) is 6.35. The highest BCUT2D eigenvalue weighted by Crippen LogP contribution is 2.17. The van der Waals surface area contributed by atoms with E-state index in [1.165, 1.54) is 0 Å². The molecular weight excluding hydrogens is 242 g/mol. The van der Waals surface area contributed by atoms with Crippen molar-refractivity contribution >= 4 is 16.9 Å². The second-order valence-corrected chi connectivity index (χ2v) is 4.25. The van der Waals surface area contributed by atoms with Gasteiger partial charge in [-0.1, -0.05) is 12.1 Å². The predicted octanol–water partition coefficient (Wildman–Crippen LogP) is 2.82. The van der Waals surface area contributed by atoms with Crippen molar-refractivity contribution < 1.29 is 14.3 Å². The van der Waals surface area contributed by atoms with E-state index in [1.54, 1.807) is 18.3 Å². The fourth-order valence-corrected chi connectivity index (χ4v) is 1.85. The van der Waals surface area contributed by atoms with Crippen LogP contribution in [0.1, 0.15) is 24.2 Å². The number of rotatable bonds is 5. The number of pyridine rings is 1. The van der Waals surface area contributed by atoms with Crippen LogP contribution < -0.4 is 0 Å². The van der Waals surface area contributed by atoms with Crippen LogP contribution in [-0.2, 0) is 9.47 Å². The molecule has 0 radical (unpaired) electrons. The zero-order valence-corrected chi connectivity index (χ0v) is 11.1. The molecule has 1 aromatic heterocycles. The Morgan fingerprint density at radius 3 is 2.95 bits per heavy atom. The number of aromatic nitrogens is 1. The first-order chi connectivity index (χ1) is 9.22. The van der Waals surface area contributed by atoms with E-state index in [2.05, 4.69) is 4.98 Å². The van der Waals surface area contributed by atoms with Gasteiger partial charge >= 0.3 is 5.97 Å². The van der Waals surface area contributed by atoms with Gasteiger partial charge in [-0.3, -0.25) is 4.98 Å². The van der Waals surface area contributed by atoms with Gasteiger partial charge in [-0.2, -0.15) is 0 Å². The average molecular weight is 259 g/mol. The summed E-state index contributed by atoms with van der Waals surface area (Å²) in [4.78, 5) is 16.3. The number of fused-ring (bicyclic) bond motifs is 1. The molecule has 1 aromatic carbocycles. The lowest BCUT2D eigenvalue weighted by Crippen LogP contribution is -2.20. The molecule has 0 aliphatic carbocycles. The molecule has 0 unspecified atom stereocenters. The molecule has 0 saturated heterocycles. The van der Waals surface area contributed by atoms with E-state index in [1.807, 2.05) is 32.0 Å². The van der Waals surface area contributed by atoms with Gasteiger partial charge in [0.25, 0.3) is 0 Å². The SMILES string of the molecule is CCOC[C@@H](C)OC(=O)c1cccc2ncccc12. The lowest BCUT2D eigenvalue weighted by Gasteiger charge is -2.13. The maximum atomic E-state index is 12.1. The lowest BCUT2D eigenvalue weighted by atomic mass is 10.1. The monoisotopic (exact) mass is 259 g/mol. The van der Waals surface area contributed by atoms with Crippen LogP contribution in [-0.4, -0.2) is 30.3 Å². The van der Waals surface area contributed by atoms with Gasteiger partial charge in [0.1, 0.15) is 6.10 Å². The van der Waals surface area contributed by atoms with Crippen LogP contribution in [0.4, 0.5) is 0 Å². The average Bonchev–Trinajstić information content (AvgIpc) is 2.44. The fourth-order valence-electron chi connectivity index (χ4n) is 1.85. The van der Waals surface area contributed by atoms with Crippen molar-refractivity contribution in [1.82, 2.24) is 4.98 Å². The number of hydrogen-bond donors (Lipinski definition) is 0. The largest absolute Gasteiger partial charge is 0.457 e. The summed E-state index contributed by atoms with van der Waals surface area (Å²) >= 11 is 0. The number of carbonyl (C=O) groups excluding carboxylic acids is 1. The van der Waals surface area contributed by atoms with Crippen LogP contribution in [0, 0.1) is 0 Å². The van der Waals surface area contributed by atoms with Gasteiger partial charge in [0.15, 0.2) is 0 Å². The topological polar surface area (TPSA) is 48.4 Å². The van der Waals surface area contributed by atoms with Crippen LogP contribution >= 0.6 is 0 Å². The third-order valence-electron chi connectivity index (χ3n) is 2.73. The van der Waals surface area contributed by atoms with Crippen LogP contribution in [0.5, 0.6) is 0 Å². The minimum absolute atomic E-state index is 0.264. The summed E-state index contributed by atoms with van der Waals surface area (Å²) in [5.41, 5.74) is 1.32. The smallest absolute Gasteiger partial charge is 0.339 e. The number of carbonyl (C=O) groups is 1. The summed E-state index contributed by atoms with van der Waals surface area (Å²) in [5, 5.41) is 0.804. The molecule has 4 heteroatoms. The molecule has 0 aliphatic rings. The van der Waals surface area contributed by atoms with Gasteiger partial charge in [0, 0.05) is 18.2 Å². The first-order valence-electron chi connectivity index (χ1n) is 6.35. The molecule has 0 fully saturated rings. The Labute approximate surface area is 112 Å². The molecule has 0 aliphatic heterocycles. The Bertz CT molecular complexity index is 563. The van der Waals surface area contributed by atoms with Crippen molar-refractivity contribution in [2.45, 2.75) is 20.0 Å². The van der Waals surface area contributed by atoms with Gasteiger partial charge in [0.05, 0.1) is 17.7 Å². The van der Waals surface area contributed by atoms with Crippen LogP contribution in [0.25, 0.3) is 10.9 Å². The highest BCUT2D eigenvalue weighted by molar-refractivity contribution is 6.03. The van der Waals surface area contributed by atoms with Crippen molar-refractivity contribution in [3.63, 3.8) is 0 Å². The van der Waals surface area contributed by atoms with Gasteiger partial charge < -0.3 is 9.47 Å². The molecule has 1 heterocycles. The lowest BCUT2D eigenvalue weighted by molar-refractivity contribution is 0.00457. The maximum absolute atomic E-state index is 12.1. The maximum Gasteiger partial charge on any atom is 0.339 e. The Kier molecular flexibility index (Phi) is 4.47. The summed E-state index contributed by atoms with van der Waals surface area (Å²) < 4.78 is 10.6. The molecule has 2 aromatic rings. The van der Waals surface area contributed by atoms with E-state index in [4.69, 9.17) is 9.47 Å². The molecule has 19 heavy (non-hydrogen) atoms. The third-order valence-corrected chi connectivity index (χ3v) is 2.73. The van der Waals surface area contributed by atoms with E-state index >= 15 is 0 Å². The van der Waals surface area contributed by atoms with E-state index in [0.29, 0.717) is 18.8 Å². The molecule has 0 N–H and O–H groups in total. The molecule has 1 atom stereocenters. The van der Waals surface area contributed by atoms with Gasteiger partial charge in [0.2, 0.25) is 0 Å². The zero-order chi connectivity index (χ0) is 13.7. The summed E-state index contributed by atoms with van der Waals surface area (Å²) in [5.74, 6) is -0.342. The Balaban J connectivity index is 2.17. The Morgan fingerprint density at radius 2 is 2.16 bits per heavy atom. The van der Waals surface area contributed by atoms with Crippen molar-refractivity contribution in [2.24, 2.45) is 0 Å². The summed E-state index contributed by atoms with van der Waals surface area (Å²) in [6.45, 7) is 4.74. The van der Waals surface area contributed by atoms with E-state index in [-0.39, 0.29) is 12.1 Å². The van der Waals surface area contributed by atoms with Crippen molar-refractivity contribution in [2.75, 3.05) is 13.2 Å². The highest BCUT2D eigenvalue weighted by Gasteiger charge is 2.14. The van der Waals surface area contributed by atoms with Crippen LogP contribution in [0.3, 0.4) is 0 Å². The molecule has 0 spiro atoms. The number of nitrogens with zero attached hydrogens (tertiary/aromatic N) is 1. The molecule has 0 bridgehead atoms. The minimum Gasteiger partial charge on any atom is -0.457 e. The highest BCUT2D eigenvalue weighted by atomic mass is 16.6. The van der Waals surface area contributed by atoms with E-state index in [0.717, 1.165) is 10.9 Å². The van der Waals surface area contributed by atoms with Gasteiger partial charge in [-0.15, -0.1) is 0 Å². The van der Waals surface area contributed by atoms with E-state index in [9.17, 15) is 4.79 Å². The molecule has 100 valence electrons. The molecule has 4 nitrogen and oxygen atoms in total. The zero-order valence-electron chi connectivity index (χ0n) is 11.1. The van der Waals surface area contributed by atoms with Crippen molar-refractivity contribution in [3.8, 4) is 0 Å². The second kappa shape index (κ2) is 6.29. The summed E-state index contributed by atoms with van der Waals surface area (Å²) in [6.07, 6.45) is 1.44. The molecule has 2 rings (SSSR count). The molecule has 0 amide bonds. The molecular formula is C15H17NO3. The minimum atomic E-state index is -0.342. The van der Waals surface area contributed by atoms with Gasteiger partial charge in [-0.05, 0) is 32.0 Å². The number of hydrogen-bond acceptors (Lipinski definition) is 4. The summed E-state index contributed by atoms with van der Waals surface area (Å²) in [6, 6.07) is 9.10. The third kappa shape index (κ3) is 3.29. The first kappa shape index (κ1) is 13.5. The predicted molar refractivity (Wildman–Crippen MR) is 73.1 cm³/mol. The Hall–Kier alpha value is -1.94. The van der Waals surface area contributed by atoms with E-state index < -0.39 is 0 Å². The number of esters is 1. The number of benzene rings is 1. The summed E-state index contributed by atoms with van der Waals surface area (Å²) in [7, 11) is 0. The van der Waals surface area contributed by atoms with Gasteiger partial charge in [-0.25, -0.2) is 4.79 Å². The second-order valence-electron chi connectivity index (χ2n) is 4.25. The van der Waals surface area contributed by atoms with Crippen LogP contribution in [0.15, 0.2) is 36.5 Å². The van der Waals surface area contributed by atoms with Crippen molar-refractivity contribution in [1.29, 1.82) is 0 Å². The number of ether oxygens (including phenoxy) is 2. The Morgan fingerprint density at radius 1 is 1.32 bits per heavy atom. The standard InChI is InChI=1S/C15H17NO3/c1-3-18-10-11(2)19-15(17)13-6-4-8-14-12(13)7-5-9-16-14/h4-9,11H,3,10H2,1-2H3/t11-/m1/s1. The van der Waals surface area contributed by atoms with Crippen molar-refractivity contribution in [3.05, 3.63) is 42.1 Å². The molecule has 0 saturated carbocycles.